The maximum absolute atomic E-state index is 6.12. The van der Waals surface area contributed by atoms with Crippen molar-refractivity contribution in [3.8, 4) is 39.9 Å². The fourth-order valence-electron chi connectivity index (χ4n) is 7.00. The molecule has 0 radical (unpaired) electrons. The molecule has 10 aromatic rings. The van der Waals surface area contributed by atoms with Gasteiger partial charge in [-0.25, -0.2) is 15.0 Å². The molecule has 0 unspecified atom stereocenters. The minimum absolute atomic E-state index is 0.609. The van der Waals surface area contributed by atoms with Gasteiger partial charge in [-0.1, -0.05) is 109 Å². The molecule has 0 aliphatic carbocycles. The molecule has 3 aromatic heterocycles. The van der Waals surface area contributed by atoms with Crippen molar-refractivity contribution >= 4 is 54.5 Å². The molecule has 10 rings (SSSR count). The van der Waals surface area contributed by atoms with Crippen LogP contribution in [0.25, 0.3) is 94.4 Å². The Hall–Kier alpha value is -6.59. The van der Waals surface area contributed by atoms with Crippen molar-refractivity contribution in [2.24, 2.45) is 0 Å². The summed E-state index contributed by atoms with van der Waals surface area (Å²) in [5.74, 6) is 1.85. The summed E-state index contributed by atoms with van der Waals surface area (Å²) >= 11 is 0. The molecule has 224 valence electrons. The number of benzene rings is 7. The molecule has 0 amide bonds. The van der Waals surface area contributed by atoms with E-state index in [1.54, 1.807) is 0 Å². The second-order valence-electron chi connectivity index (χ2n) is 12.1. The van der Waals surface area contributed by atoms with E-state index in [9.17, 15) is 0 Å². The van der Waals surface area contributed by atoms with Crippen LogP contribution in [0.15, 0.2) is 162 Å². The Bertz CT molecular complexity index is 2800. The van der Waals surface area contributed by atoms with Crippen LogP contribution < -0.4 is 0 Å². The van der Waals surface area contributed by atoms with E-state index in [4.69, 9.17) is 19.4 Å². The zero-order chi connectivity index (χ0) is 31.6. The summed E-state index contributed by atoms with van der Waals surface area (Å²) in [5.41, 5.74) is 7.84. The van der Waals surface area contributed by atoms with E-state index in [1.165, 1.54) is 10.8 Å². The van der Waals surface area contributed by atoms with Crippen LogP contribution in [-0.4, -0.2) is 19.5 Å². The average molecular weight is 615 g/mol. The molecular formula is C43H26N4O. The zero-order valence-electron chi connectivity index (χ0n) is 25.7. The lowest BCUT2D eigenvalue weighted by atomic mass is 10.0. The van der Waals surface area contributed by atoms with Crippen molar-refractivity contribution in [3.05, 3.63) is 158 Å². The van der Waals surface area contributed by atoms with Crippen molar-refractivity contribution in [1.29, 1.82) is 0 Å². The van der Waals surface area contributed by atoms with Gasteiger partial charge in [-0.3, -0.25) is 0 Å². The van der Waals surface area contributed by atoms with E-state index in [2.05, 4.69) is 102 Å². The van der Waals surface area contributed by atoms with Crippen molar-refractivity contribution in [2.75, 3.05) is 0 Å². The molecule has 0 saturated carbocycles. The van der Waals surface area contributed by atoms with Crippen LogP contribution in [0, 0.1) is 0 Å². The summed E-state index contributed by atoms with van der Waals surface area (Å²) in [6.07, 6.45) is 0. The van der Waals surface area contributed by atoms with E-state index < -0.39 is 0 Å². The van der Waals surface area contributed by atoms with Gasteiger partial charge in [0.2, 0.25) is 0 Å². The predicted molar refractivity (Wildman–Crippen MR) is 195 cm³/mol. The van der Waals surface area contributed by atoms with Crippen LogP contribution in [0.5, 0.6) is 0 Å². The molecule has 0 bridgehead atoms. The van der Waals surface area contributed by atoms with Gasteiger partial charge < -0.3 is 8.98 Å². The summed E-state index contributed by atoms with van der Waals surface area (Å²) < 4.78 is 8.49. The monoisotopic (exact) mass is 614 g/mol. The molecule has 0 spiro atoms. The molecule has 5 nitrogen and oxygen atoms in total. The lowest BCUT2D eigenvalue weighted by molar-refractivity contribution is 0.669. The molecular weight excluding hydrogens is 589 g/mol. The molecule has 5 heteroatoms. The Kier molecular flexibility index (Phi) is 5.81. The molecule has 3 heterocycles. The second kappa shape index (κ2) is 10.5. The largest absolute Gasteiger partial charge is 0.456 e. The standard InChI is InChI=1S/C43H26N4O/c1-2-12-27(13-3-1)41-44-42(29-22-23-40-35(25-29)34-18-8-11-21-39(34)48-40)46-43(45-41)30-24-28-14-4-5-15-31(28)38(26-30)47-36-19-9-6-16-32(36)33-17-7-10-20-37(33)47/h1-26H. The fourth-order valence-corrected chi connectivity index (χ4v) is 7.00. The first-order chi connectivity index (χ1) is 23.8. The van der Waals surface area contributed by atoms with Gasteiger partial charge >= 0.3 is 0 Å². The molecule has 7 aromatic carbocycles. The Morgan fingerprint density at radius 1 is 0.375 bits per heavy atom. The van der Waals surface area contributed by atoms with Crippen LogP contribution in [0.1, 0.15) is 0 Å². The first-order valence-electron chi connectivity index (χ1n) is 16.0. The van der Waals surface area contributed by atoms with Gasteiger partial charge in [0.05, 0.1) is 16.7 Å². The van der Waals surface area contributed by atoms with Gasteiger partial charge in [-0.05, 0) is 53.9 Å². The van der Waals surface area contributed by atoms with Crippen molar-refractivity contribution in [1.82, 2.24) is 19.5 Å². The second-order valence-corrected chi connectivity index (χ2v) is 12.1. The fraction of sp³-hybridized carbons (Fsp3) is 0. The Balaban J connectivity index is 1.24. The van der Waals surface area contributed by atoms with Gasteiger partial charge in [0, 0.05) is 43.6 Å². The topological polar surface area (TPSA) is 56.7 Å². The van der Waals surface area contributed by atoms with E-state index in [1.807, 2.05) is 60.7 Å². The van der Waals surface area contributed by atoms with Gasteiger partial charge in [-0.2, -0.15) is 0 Å². The summed E-state index contributed by atoms with van der Waals surface area (Å²) in [5, 5.41) is 6.81. The highest BCUT2D eigenvalue weighted by Crippen LogP contribution is 2.38. The number of aromatic nitrogens is 4. The zero-order valence-corrected chi connectivity index (χ0v) is 25.7. The normalized spacial score (nSPS) is 11.8. The average Bonchev–Trinajstić information content (AvgIpc) is 3.70. The maximum Gasteiger partial charge on any atom is 0.164 e. The minimum atomic E-state index is 0.609. The number of rotatable bonds is 4. The molecule has 0 aliphatic rings. The van der Waals surface area contributed by atoms with Crippen LogP contribution in [0.3, 0.4) is 0 Å². The van der Waals surface area contributed by atoms with Crippen LogP contribution in [-0.2, 0) is 0 Å². The third-order valence-electron chi connectivity index (χ3n) is 9.22. The summed E-state index contributed by atoms with van der Waals surface area (Å²) in [6.45, 7) is 0. The lowest BCUT2D eigenvalue weighted by Gasteiger charge is -2.15. The summed E-state index contributed by atoms with van der Waals surface area (Å²) in [7, 11) is 0. The highest BCUT2D eigenvalue weighted by molar-refractivity contribution is 6.11. The summed E-state index contributed by atoms with van der Waals surface area (Å²) in [6, 6.07) is 54.5. The van der Waals surface area contributed by atoms with Crippen LogP contribution in [0.2, 0.25) is 0 Å². The van der Waals surface area contributed by atoms with Crippen molar-refractivity contribution in [3.63, 3.8) is 0 Å². The number of furan rings is 1. The number of hydrogen-bond acceptors (Lipinski definition) is 4. The van der Waals surface area contributed by atoms with Gasteiger partial charge in [0.1, 0.15) is 11.2 Å². The Morgan fingerprint density at radius 2 is 0.938 bits per heavy atom. The SMILES string of the molecule is c1ccc(-c2nc(-c3cc(-n4c5ccccc5c5ccccc54)c4ccccc4c3)nc(-c3ccc4oc5ccccc5c4c3)n2)cc1. The molecule has 0 N–H and O–H groups in total. The molecule has 48 heavy (non-hydrogen) atoms. The summed E-state index contributed by atoms with van der Waals surface area (Å²) in [4.78, 5) is 15.3. The van der Waals surface area contributed by atoms with Gasteiger partial charge in [0.15, 0.2) is 17.5 Å². The maximum atomic E-state index is 6.12. The number of para-hydroxylation sites is 3. The number of nitrogens with zero attached hydrogens (tertiary/aromatic N) is 4. The predicted octanol–water partition coefficient (Wildman–Crippen LogP) is 11.0. The molecule has 0 atom stereocenters. The minimum Gasteiger partial charge on any atom is -0.456 e. The smallest absolute Gasteiger partial charge is 0.164 e. The number of hydrogen-bond donors (Lipinski definition) is 0. The van der Waals surface area contributed by atoms with Crippen LogP contribution >= 0.6 is 0 Å². The number of fused-ring (bicyclic) bond motifs is 7. The van der Waals surface area contributed by atoms with E-state index in [0.29, 0.717) is 17.5 Å². The Morgan fingerprint density at radius 3 is 1.69 bits per heavy atom. The van der Waals surface area contributed by atoms with Crippen LogP contribution in [0.4, 0.5) is 0 Å². The van der Waals surface area contributed by atoms with Gasteiger partial charge in [-0.15, -0.1) is 0 Å². The third kappa shape index (κ3) is 4.15. The first kappa shape index (κ1) is 26.6. The first-order valence-corrected chi connectivity index (χ1v) is 16.0. The molecule has 0 aliphatic heterocycles. The van der Waals surface area contributed by atoms with E-state index >= 15 is 0 Å². The van der Waals surface area contributed by atoms with Gasteiger partial charge in [0.25, 0.3) is 0 Å². The molecule has 0 fully saturated rings. The molecule has 0 saturated heterocycles. The van der Waals surface area contributed by atoms with E-state index in [0.717, 1.165) is 66.1 Å². The van der Waals surface area contributed by atoms with Crippen molar-refractivity contribution in [2.45, 2.75) is 0 Å². The highest BCUT2D eigenvalue weighted by atomic mass is 16.3. The highest BCUT2D eigenvalue weighted by Gasteiger charge is 2.18. The quantitative estimate of drug-likeness (QED) is 0.198. The lowest BCUT2D eigenvalue weighted by Crippen LogP contribution is -2.02. The Labute approximate surface area is 275 Å². The van der Waals surface area contributed by atoms with Crippen molar-refractivity contribution < 1.29 is 4.42 Å². The van der Waals surface area contributed by atoms with E-state index in [-0.39, 0.29) is 0 Å². The third-order valence-corrected chi connectivity index (χ3v) is 9.22.